The van der Waals surface area contributed by atoms with Crippen LogP contribution in [0, 0.1) is 0 Å². The van der Waals surface area contributed by atoms with Gasteiger partial charge in [-0.1, -0.05) is 6.42 Å². The predicted octanol–water partition coefficient (Wildman–Crippen LogP) is 0.0278. The zero-order chi connectivity index (χ0) is 12.9. The van der Waals surface area contributed by atoms with E-state index in [9.17, 15) is 13.2 Å². The van der Waals surface area contributed by atoms with Crippen LogP contribution in [0.1, 0.15) is 32.1 Å². The number of aliphatic hydroxyl groups is 1. The number of carboxylic acids is 1. The molecule has 1 rings (SSSR count). The van der Waals surface area contributed by atoms with Crippen LogP contribution in [-0.2, 0) is 14.8 Å². The average Bonchev–Trinajstić information content (AvgIpc) is 2.13. The summed E-state index contributed by atoms with van der Waals surface area (Å²) in [5, 5.41) is 17.4. The highest BCUT2D eigenvalue weighted by Crippen LogP contribution is 2.27. The number of carboxylic acid groups (broad SMARTS) is 1. The molecule has 6 nitrogen and oxygen atoms in total. The molecule has 1 aliphatic carbocycles. The lowest BCUT2D eigenvalue weighted by molar-refractivity contribution is -0.137. The molecule has 1 fully saturated rings. The van der Waals surface area contributed by atoms with Gasteiger partial charge in [0.2, 0.25) is 10.0 Å². The normalized spacial score (nSPS) is 17.1. The lowest BCUT2D eigenvalue weighted by atomic mass is 9.93. The van der Waals surface area contributed by atoms with E-state index in [2.05, 4.69) is 0 Å². The predicted molar refractivity (Wildman–Crippen MR) is 62.1 cm³/mol. The molecule has 0 amide bonds. The summed E-state index contributed by atoms with van der Waals surface area (Å²) in [7, 11) is -3.43. The van der Waals surface area contributed by atoms with Gasteiger partial charge in [-0.25, -0.2) is 8.42 Å². The van der Waals surface area contributed by atoms with E-state index in [4.69, 9.17) is 10.2 Å². The van der Waals surface area contributed by atoms with Crippen molar-refractivity contribution in [3.8, 4) is 0 Å². The molecule has 0 saturated heterocycles. The van der Waals surface area contributed by atoms with Gasteiger partial charge in [-0.15, -0.1) is 0 Å². The van der Waals surface area contributed by atoms with Gasteiger partial charge in [-0.05, 0) is 19.3 Å². The largest absolute Gasteiger partial charge is 0.481 e. The summed E-state index contributed by atoms with van der Waals surface area (Å²) in [6.45, 7) is -0.0886. The molecule has 0 radical (unpaired) electrons. The third-order valence-corrected chi connectivity index (χ3v) is 4.95. The standard InChI is InChI=1S/C10H19NO5S/c12-7-6-11(9-3-1-4-9)17(15,16)8-2-5-10(13)14/h9,12H,1-8H2,(H,13,14). The second kappa shape index (κ2) is 6.32. The number of rotatable bonds is 8. The van der Waals surface area contributed by atoms with E-state index >= 15 is 0 Å². The summed E-state index contributed by atoms with van der Waals surface area (Å²) in [4.78, 5) is 10.3. The second-order valence-electron chi connectivity index (χ2n) is 4.23. The fraction of sp³-hybridized carbons (Fsp3) is 0.900. The molecule has 0 aromatic carbocycles. The van der Waals surface area contributed by atoms with E-state index in [0.29, 0.717) is 0 Å². The molecule has 0 aromatic rings. The molecule has 7 heteroatoms. The minimum absolute atomic E-state index is 0.00280. The van der Waals surface area contributed by atoms with Crippen LogP contribution in [0.5, 0.6) is 0 Å². The van der Waals surface area contributed by atoms with Crippen LogP contribution in [0.3, 0.4) is 0 Å². The lowest BCUT2D eigenvalue weighted by Crippen LogP contribution is -2.46. The van der Waals surface area contributed by atoms with Gasteiger partial charge in [-0.2, -0.15) is 4.31 Å². The highest BCUT2D eigenvalue weighted by atomic mass is 32.2. The van der Waals surface area contributed by atoms with E-state index in [1.165, 1.54) is 4.31 Å². The number of aliphatic hydroxyl groups excluding tert-OH is 1. The van der Waals surface area contributed by atoms with Gasteiger partial charge in [0.05, 0.1) is 12.4 Å². The fourth-order valence-electron chi connectivity index (χ4n) is 1.85. The Kier molecular flexibility index (Phi) is 5.35. The van der Waals surface area contributed by atoms with Gasteiger partial charge in [0.15, 0.2) is 0 Å². The molecular weight excluding hydrogens is 246 g/mol. The van der Waals surface area contributed by atoms with Gasteiger partial charge in [0.1, 0.15) is 0 Å². The van der Waals surface area contributed by atoms with Crippen molar-refractivity contribution in [3.63, 3.8) is 0 Å². The third kappa shape index (κ3) is 4.25. The maximum atomic E-state index is 12.0. The van der Waals surface area contributed by atoms with Crippen molar-refractivity contribution in [2.45, 2.75) is 38.1 Å². The van der Waals surface area contributed by atoms with E-state index in [1.54, 1.807) is 0 Å². The maximum absolute atomic E-state index is 12.0. The van der Waals surface area contributed by atoms with Gasteiger partial charge < -0.3 is 10.2 Å². The van der Waals surface area contributed by atoms with Crippen molar-refractivity contribution in [3.05, 3.63) is 0 Å². The summed E-state index contributed by atoms with van der Waals surface area (Å²) >= 11 is 0. The molecule has 0 heterocycles. The summed E-state index contributed by atoms with van der Waals surface area (Å²) < 4.78 is 25.2. The number of aliphatic carboxylic acids is 1. The van der Waals surface area contributed by atoms with Crippen molar-refractivity contribution in [1.82, 2.24) is 4.31 Å². The van der Waals surface area contributed by atoms with Crippen LogP contribution in [0.2, 0.25) is 0 Å². The number of nitrogens with zero attached hydrogens (tertiary/aromatic N) is 1. The Balaban J connectivity index is 2.54. The van der Waals surface area contributed by atoms with Crippen molar-refractivity contribution in [2.24, 2.45) is 0 Å². The van der Waals surface area contributed by atoms with Crippen molar-refractivity contribution < 1.29 is 23.4 Å². The van der Waals surface area contributed by atoms with Gasteiger partial charge in [0, 0.05) is 19.0 Å². The molecule has 17 heavy (non-hydrogen) atoms. The van der Waals surface area contributed by atoms with Crippen LogP contribution in [0.15, 0.2) is 0 Å². The highest BCUT2D eigenvalue weighted by Gasteiger charge is 2.32. The van der Waals surface area contributed by atoms with E-state index < -0.39 is 16.0 Å². The Labute approximate surface area is 101 Å². The number of sulfonamides is 1. The molecule has 0 aromatic heterocycles. The third-order valence-electron chi connectivity index (χ3n) is 2.95. The Bertz CT molecular complexity index is 350. The molecule has 0 unspecified atom stereocenters. The molecule has 2 N–H and O–H groups in total. The summed E-state index contributed by atoms with van der Waals surface area (Å²) in [6.07, 6.45) is 2.65. The van der Waals surface area contributed by atoms with Gasteiger partial charge in [0.25, 0.3) is 0 Å². The molecule has 0 aliphatic heterocycles. The molecule has 1 saturated carbocycles. The van der Waals surface area contributed by atoms with Crippen LogP contribution in [0.4, 0.5) is 0 Å². The first-order valence-corrected chi connectivity index (χ1v) is 7.40. The first-order valence-electron chi connectivity index (χ1n) is 5.79. The topological polar surface area (TPSA) is 94.9 Å². The minimum Gasteiger partial charge on any atom is -0.481 e. The summed E-state index contributed by atoms with van der Waals surface area (Å²) in [5.74, 6) is -1.15. The van der Waals surface area contributed by atoms with E-state index in [1.807, 2.05) is 0 Å². The molecule has 0 spiro atoms. The zero-order valence-electron chi connectivity index (χ0n) is 9.71. The highest BCUT2D eigenvalue weighted by molar-refractivity contribution is 7.89. The first kappa shape index (κ1) is 14.4. The van der Waals surface area contributed by atoms with Crippen molar-refractivity contribution >= 4 is 16.0 Å². The molecule has 1 aliphatic rings. The summed E-state index contributed by atoms with van der Waals surface area (Å²) in [6, 6.07) is -0.00280. The van der Waals surface area contributed by atoms with Crippen LogP contribution >= 0.6 is 0 Å². The monoisotopic (exact) mass is 265 g/mol. The maximum Gasteiger partial charge on any atom is 0.303 e. The number of hydrogen-bond acceptors (Lipinski definition) is 4. The number of hydrogen-bond donors (Lipinski definition) is 2. The second-order valence-corrected chi connectivity index (χ2v) is 6.27. The Morgan fingerprint density at radius 3 is 2.41 bits per heavy atom. The number of carbonyl (C=O) groups is 1. The quantitative estimate of drug-likeness (QED) is 0.645. The molecule has 0 atom stereocenters. The Morgan fingerprint density at radius 2 is 2.00 bits per heavy atom. The molecule has 100 valence electrons. The fourth-order valence-corrected chi connectivity index (χ4v) is 3.61. The van der Waals surface area contributed by atoms with Gasteiger partial charge in [-0.3, -0.25) is 4.79 Å². The Hall–Kier alpha value is -0.660. The zero-order valence-corrected chi connectivity index (χ0v) is 10.5. The molecular formula is C10H19NO5S. The van der Waals surface area contributed by atoms with Crippen LogP contribution < -0.4 is 0 Å². The Morgan fingerprint density at radius 1 is 1.35 bits per heavy atom. The van der Waals surface area contributed by atoms with Crippen LogP contribution in [0.25, 0.3) is 0 Å². The van der Waals surface area contributed by atoms with Crippen molar-refractivity contribution in [2.75, 3.05) is 18.9 Å². The van der Waals surface area contributed by atoms with E-state index in [-0.39, 0.29) is 37.8 Å². The molecule has 0 bridgehead atoms. The van der Waals surface area contributed by atoms with Crippen molar-refractivity contribution in [1.29, 1.82) is 0 Å². The van der Waals surface area contributed by atoms with Crippen LogP contribution in [-0.4, -0.2) is 53.9 Å². The SMILES string of the molecule is O=C(O)CCCS(=O)(=O)N(CCO)C1CCC1. The van der Waals surface area contributed by atoms with Gasteiger partial charge >= 0.3 is 5.97 Å². The van der Waals surface area contributed by atoms with E-state index in [0.717, 1.165) is 19.3 Å². The lowest BCUT2D eigenvalue weighted by Gasteiger charge is -2.36. The first-order chi connectivity index (χ1) is 7.97. The average molecular weight is 265 g/mol. The smallest absolute Gasteiger partial charge is 0.303 e. The summed E-state index contributed by atoms with van der Waals surface area (Å²) in [5.41, 5.74) is 0. The minimum atomic E-state index is -3.43.